The Kier molecular flexibility index (Phi) is 5.08. The number of halogens is 2. The number of carbonyl (C=O) groups is 1. The van der Waals surface area contributed by atoms with Crippen molar-refractivity contribution in [2.75, 3.05) is 31.2 Å². The Balaban J connectivity index is 2.35. The Morgan fingerprint density at radius 2 is 2.14 bits per heavy atom. The van der Waals surface area contributed by atoms with Crippen molar-refractivity contribution in [2.45, 2.75) is 19.6 Å². The molecule has 1 heterocycles. The van der Waals surface area contributed by atoms with Crippen LogP contribution in [0.25, 0.3) is 0 Å². The molecule has 0 aliphatic carbocycles. The van der Waals surface area contributed by atoms with E-state index in [9.17, 15) is 13.6 Å². The molecule has 7 heteroatoms. The molecule has 2 rings (SSSR count). The topological polar surface area (TPSA) is 61.8 Å². The molecule has 0 spiro atoms. The average Bonchev–Trinajstić information content (AvgIpc) is 2.47. The van der Waals surface area contributed by atoms with E-state index in [1.807, 2.05) is 0 Å². The highest BCUT2D eigenvalue weighted by Crippen LogP contribution is 2.28. The molecule has 1 aliphatic rings. The molecular weight excluding hydrogens is 282 g/mol. The maximum Gasteiger partial charge on any atom is 0.245 e. The van der Waals surface area contributed by atoms with Crippen LogP contribution in [0.3, 0.4) is 0 Å². The minimum Gasteiger partial charge on any atom is -0.392 e. The molecule has 1 atom stereocenters. The van der Waals surface area contributed by atoms with E-state index in [0.717, 1.165) is 12.1 Å². The van der Waals surface area contributed by atoms with Gasteiger partial charge in [-0.1, -0.05) is 0 Å². The van der Waals surface area contributed by atoms with Gasteiger partial charge < -0.3 is 20.1 Å². The largest absolute Gasteiger partial charge is 0.392 e. The van der Waals surface area contributed by atoms with Crippen LogP contribution in [0.15, 0.2) is 12.1 Å². The first-order chi connectivity index (χ1) is 10.1. The minimum atomic E-state index is -0.796. The van der Waals surface area contributed by atoms with Crippen molar-refractivity contribution >= 4 is 11.6 Å². The second-order valence-electron chi connectivity index (χ2n) is 4.74. The van der Waals surface area contributed by atoms with Crippen molar-refractivity contribution in [1.82, 2.24) is 5.32 Å². The maximum atomic E-state index is 14.1. The molecule has 1 aliphatic heterocycles. The Hall–Kier alpha value is -1.73. The zero-order valence-corrected chi connectivity index (χ0v) is 11.7. The molecule has 0 saturated carbocycles. The van der Waals surface area contributed by atoms with Gasteiger partial charge in [-0.25, -0.2) is 8.78 Å². The third kappa shape index (κ3) is 3.30. The van der Waals surface area contributed by atoms with Gasteiger partial charge in [0.1, 0.15) is 23.4 Å². The molecule has 1 aromatic rings. The van der Waals surface area contributed by atoms with E-state index in [2.05, 4.69) is 5.32 Å². The molecule has 1 aromatic carbocycles. The van der Waals surface area contributed by atoms with Gasteiger partial charge >= 0.3 is 0 Å². The van der Waals surface area contributed by atoms with Crippen LogP contribution >= 0.6 is 0 Å². The van der Waals surface area contributed by atoms with Gasteiger partial charge in [0, 0.05) is 13.1 Å². The number of carbonyl (C=O) groups excluding carboxylic acids is 1. The first-order valence-electron chi connectivity index (χ1n) is 6.79. The molecule has 1 amide bonds. The van der Waals surface area contributed by atoms with E-state index >= 15 is 0 Å². The predicted octanol–water partition coefficient (Wildman–Crippen LogP) is 0.798. The molecule has 116 valence electrons. The average molecular weight is 300 g/mol. The summed E-state index contributed by atoms with van der Waals surface area (Å²) in [4.78, 5) is 13.4. The van der Waals surface area contributed by atoms with Gasteiger partial charge in [-0.3, -0.25) is 4.79 Å². The molecule has 5 nitrogen and oxygen atoms in total. The second kappa shape index (κ2) is 6.82. The lowest BCUT2D eigenvalue weighted by Gasteiger charge is -2.36. The smallest absolute Gasteiger partial charge is 0.245 e. The number of benzene rings is 1. The van der Waals surface area contributed by atoms with Crippen molar-refractivity contribution in [1.29, 1.82) is 0 Å². The van der Waals surface area contributed by atoms with Crippen LogP contribution in [0.2, 0.25) is 0 Å². The number of hydrogen-bond acceptors (Lipinski definition) is 4. The van der Waals surface area contributed by atoms with E-state index in [-0.39, 0.29) is 36.9 Å². The molecule has 0 radical (unpaired) electrons. The van der Waals surface area contributed by atoms with Gasteiger partial charge in [-0.15, -0.1) is 0 Å². The van der Waals surface area contributed by atoms with Crippen LogP contribution in [-0.4, -0.2) is 43.4 Å². The molecule has 1 unspecified atom stereocenters. The summed E-state index contributed by atoms with van der Waals surface area (Å²) in [5.41, 5.74) is -0.108. The molecule has 0 bridgehead atoms. The first kappa shape index (κ1) is 15.7. The van der Waals surface area contributed by atoms with Crippen LogP contribution in [-0.2, 0) is 16.1 Å². The lowest BCUT2D eigenvalue weighted by molar-refractivity contribution is -0.124. The van der Waals surface area contributed by atoms with Crippen molar-refractivity contribution in [3.63, 3.8) is 0 Å². The van der Waals surface area contributed by atoms with Gasteiger partial charge in [0.2, 0.25) is 5.91 Å². The van der Waals surface area contributed by atoms with Crippen LogP contribution in [0, 0.1) is 11.6 Å². The summed E-state index contributed by atoms with van der Waals surface area (Å²) in [6.45, 7) is 2.33. The summed E-state index contributed by atoms with van der Waals surface area (Å²) < 4.78 is 33.5. The van der Waals surface area contributed by atoms with Crippen molar-refractivity contribution in [3.8, 4) is 0 Å². The Bertz CT molecular complexity index is 502. The number of ether oxygens (including phenoxy) is 1. The van der Waals surface area contributed by atoms with Gasteiger partial charge in [0.15, 0.2) is 0 Å². The summed E-state index contributed by atoms with van der Waals surface area (Å²) in [5, 5.41) is 11.6. The summed E-state index contributed by atoms with van der Waals surface area (Å²) in [6.07, 6.45) is 0. The van der Waals surface area contributed by atoms with E-state index in [0.29, 0.717) is 6.54 Å². The number of likely N-dealkylation sites (N-methyl/N-ethyl adjacent to an activating group) is 1. The standard InChI is InChI=1S/C14H18F2N2O3/c1-2-17-14(20)12-8-21-4-3-18(12)13-10(15)5-9(7-19)6-11(13)16/h5-6,12,19H,2-4,7-8H2,1H3,(H,17,20). The molecular formula is C14H18F2N2O3. The van der Waals surface area contributed by atoms with E-state index in [4.69, 9.17) is 9.84 Å². The van der Waals surface area contributed by atoms with Crippen LogP contribution in [0.1, 0.15) is 12.5 Å². The Morgan fingerprint density at radius 1 is 1.48 bits per heavy atom. The van der Waals surface area contributed by atoms with Crippen LogP contribution < -0.4 is 10.2 Å². The van der Waals surface area contributed by atoms with Gasteiger partial charge in [0.25, 0.3) is 0 Å². The number of nitrogens with one attached hydrogen (secondary N) is 1. The van der Waals surface area contributed by atoms with Crippen LogP contribution in [0.4, 0.5) is 14.5 Å². The summed E-state index contributed by atoms with van der Waals surface area (Å²) in [6, 6.07) is 1.37. The maximum absolute atomic E-state index is 14.1. The summed E-state index contributed by atoms with van der Waals surface area (Å²) >= 11 is 0. The van der Waals surface area contributed by atoms with Gasteiger partial charge in [0.05, 0.1) is 19.8 Å². The zero-order valence-electron chi connectivity index (χ0n) is 11.7. The van der Waals surface area contributed by atoms with Crippen molar-refractivity contribution in [3.05, 3.63) is 29.3 Å². The number of aliphatic hydroxyl groups is 1. The Morgan fingerprint density at radius 3 is 2.71 bits per heavy atom. The number of morpholine rings is 1. The molecule has 1 saturated heterocycles. The number of anilines is 1. The zero-order chi connectivity index (χ0) is 15.4. The summed E-state index contributed by atoms with van der Waals surface area (Å²) in [5.74, 6) is -1.92. The first-order valence-corrected chi connectivity index (χ1v) is 6.79. The van der Waals surface area contributed by atoms with E-state index in [1.165, 1.54) is 4.90 Å². The fraction of sp³-hybridized carbons (Fsp3) is 0.500. The molecule has 2 N–H and O–H groups in total. The SMILES string of the molecule is CCNC(=O)C1COCCN1c1c(F)cc(CO)cc1F. The lowest BCUT2D eigenvalue weighted by atomic mass is 10.1. The molecule has 0 aromatic heterocycles. The Labute approximate surface area is 121 Å². The third-order valence-electron chi connectivity index (χ3n) is 3.33. The second-order valence-corrected chi connectivity index (χ2v) is 4.74. The number of hydrogen-bond donors (Lipinski definition) is 2. The summed E-state index contributed by atoms with van der Waals surface area (Å²) in [7, 11) is 0. The lowest BCUT2D eigenvalue weighted by Crippen LogP contribution is -2.54. The highest BCUT2D eigenvalue weighted by molar-refractivity contribution is 5.85. The highest BCUT2D eigenvalue weighted by atomic mass is 19.1. The van der Waals surface area contributed by atoms with E-state index in [1.54, 1.807) is 6.92 Å². The number of rotatable bonds is 4. The fourth-order valence-electron chi connectivity index (χ4n) is 2.36. The normalized spacial score (nSPS) is 18.7. The number of aliphatic hydroxyl groups excluding tert-OH is 1. The third-order valence-corrected chi connectivity index (χ3v) is 3.33. The van der Waals surface area contributed by atoms with Gasteiger partial charge in [-0.2, -0.15) is 0 Å². The van der Waals surface area contributed by atoms with E-state index < -0.39 is 24.3 Å². The van der Waals surface area contributed by atoms with Crippen molar-refractivity contribution in [2.24, 2.45) is 0 Å². The minimum absolute atomic E-state index is 0.0759. The fourth-order valence-corrected chi connectivity index (χ4v) is 2.36. The predicted molar refractivity (Wildman–Crippen MR) is 72.9 cm³/mol. The van der Waals surface area contributed by atoms with Crippen LogP contribution in [0.5, 0.6) is 0 Å². The number of nitrogens with zero attached hydrogens (tertiary/aromatic N) is 1. The monoisotopic (exact) mass is 300 g/mol. The van der Waals surface area contributed by atoms with Crippen molar-refractivity contribution < 1.29 is 23.4 Å². The quantitative estimate of drug-likeness (QED) is 0.863. The molecule has 1 fully saturated rings. The highest BCUT2D eigenvalue weighted by Gasteiger charge is 2.32. The number of amides is 1. The van der Waals surface area contributed by atoms with Gasteiger partial charge in [-0.05, 0) is 24.6 Å². The molecule has 21 heavy (non-hydrogen) atoms.